The number of hydrogen-bond donors (Lipinski definition) is 1. The molecule has 1 aromatic rings. The molecule has 0 fully saturated rings. The first-order valence-electron chi connectivity index (χ1n) is 4.25. The van der Waals surface area contributed by atoms with Crippen LogP contribution in [0.1, 0.15) is 19.0 Å². The molecular weight excluding hydrogens is 184 g/mol. The minimum absolute atomic E-state index is 0.740. The van der Waals surface area contributed by atoms with Gasteiger partial charge >= 0.3 is 0 Å². The predicted octanol–water partition coefficient (Wildman–Crippen LogP) is 2.92. The Labute approximate surface area is 82.5 Å². The lowest BCUT2D eigenvalue weighted by molar-refractivity contribution is 0.908. The van der Waals surface area contributed by atoms with Gasteiger partial charge in [-0.15, -0.1) is 0 Å². The Bertz CT molecular complexity index is 388. The van der Waals surface area contributed by atoms with Crippen molar-refractivity contribution in [3.05, 3.63) is 35.3 Å². The topological polar surface area (TPSA) is 17.0 Å². The first-order chi connectivity index (χ1) is 6.22. The van der Waals surface area contributed by atoms with Crippen molar-refractivity contribution < 1.29 is 0 Å². The number of nitrogens with one attached hydrogen (secondary N) is 1. The Morgan fingerprint density at radius 3 is 3.08 bits per heavy atom. The molecule has 1 aliphatic heterocycles. The van der Waals surface area contributed by atoms with Gasteiger partial charge in [-0.05, 0) is 12.5 Å². The van der Waals surface area contributed by atoms with Gasteiger partial charge in [-0.25, -0.2) is 0 Å². The summed E-state index contributed by atoms with van der Waals surface area (Å²) in [7, 11) is 0. The lowest BCUT2D eigenvalue weighted by atomic mass is 10.2. The van der Waals surface area contributed by atoms with Crippen LogP contribution < -0.4 is 5.32 Å². The van der Waals surface area contributed by atoms with E-state index in [4.69, 9.17) is 11.6 Å². The number of halogens is 1. The molecule has 0 aliphatic carbocycles. The molecule has 2 rings (SSSR count). The van der Waals surface area contributed by atoms with Crippen molar-refractivity contribution in [2.75, 3.05) is 0 Å². The predicted molar refractivity (Wildman–Crippen MR) is 56.2 cm³/mol. The second kappa shape index (κ2) is 2.96. The zero-order valence-electron chi connectivity index (χ0n) is 7.47. The fourth-order valence-electron chi connectivity index (χ4n) is 1.46. The summed E-state index contributed by atoms with van der Waals surface area (Å²) in [6.07, 6.45) is 4.95. The molecule has 0 saturated carbocycles. The lowest BCUT2D eigenvalue weighted by Crippen LogP contribution is -2.18. The number of aromatic nitrogens is 1. The zero-order valence-corrected chi connectivity index (χ0v) is 8.23. The monoisotopic (exact) mass is 194 g/mol. The first kappa shape index (κ1) is 8.45. The van der Waals surface area contributed by atoms with E-state index in [-0.39, 0.29) is 0 Å². The second-order valence-electron chi connectivity index (χ2n) is 3.03. The smallest absolute Gasteiger partial charge is 0.0870 e. The summed E-state index contributed by atoms with van der Waals surface area (Å²) in [6.45, 7) is 6.03. The molecule has 0 spiro atoms. The van der Waals surface area contributed by atoms with Crippen LogP contribution >= 0.6 is 11.6 Å². The molecule has 0 amide bonds. The van der Waals surface area contributed by atoms with Crippen molar-refractivity contribution in [2.24, 2.45) is 0 Å². The van der Waals surface area contributed by atoms with Crippen LogP contribution in [-0.4, -0.2) is 4.57 Å². The van der Waals surface area contributed by atoms with Crippen molar-refractivity contribution in [3.63, 3.8) is 0 Å². The molecule has 0 radical (unpaired) electrons. The van der Waals surface area contributed by atoms with Gasteiger partial charge < -0.3 is 9.88 Å². The summed E-state index contributed by atoms with van der Waals surface area (Å²) in [5, 5.41) is 3.95. The Hall–Kier alpha value is -1.15. The maximum atomic E-state index is 5.99. The van der Waals surface area contributed by atoms with Gasteiger partial charge in [0.1, 0.15) is 0 Å². The van der Waals surface area contributed by atoms with Gasteiger partial charge in [0.25, 0.3) is 0 Å². The third kappa shape index (κ3) is 1.27. The van der Waals surface area contributed by atoms with Crippen LogP contribution in [0.15, 0.2) is 24.5 Å². The van der Waals surface area contributed by atoms with Crippen LogP contribution in [0.4, 0.5) is 0 Å². The molecule has 3 heteroatoms. The molecule has 2 heterocycles. The maximum Gasteiger partial charge on any atom is 0.0870 e. The van der Waals surface area contributed by atoms with E-state index in [2.05, 4.69) is 18.8 Å². The molecule has 2 nitrogen and oxygen atoms in total. The normalized spacial score (nSPS) is 14.9. The SMILES string of the molecule is C=C1NC(CC)=Cn2ccc(Cl)c21. The van der Waals surface area contributed by atoms with E-state index in [1.807, 2.05) is 23.0 Å². The summed E-state index contributed by atoms with van der Waals surface area (Å²) in [6, 6.07) is 1.87. The van der Waals surface area contributed by atoms with E-state index < -0.39 is 0 Å². The fourth-order valence-corrected chi connectivity index (χ4v) is 1.73. The minimum atomic E-state index is 0.740. The van der Waals surface area contributed by atoms with E-state index in [0.29, 0.717) is 0 Å². The number of fused-ring (bicyclic) bond motifs is 1. The van der Waals surface area contributed by atoms with Crippen LogP contribution in [0.25, 0.3) is 11.9 Å². The standard InChI is InChI=1S/C10H11ClN2/c1-3-8-6-13-5-4-9(11)10(13)7(2)12-8/h4-6,12H,2-3H2,1H3. The van der Waals surface area contributed by atoms with E-state index in [1.54, 1.807) is 0 Å². The Kier molecular flexibility index (Phi) is 1.93. The highest BCUT2D eigenvalue weighted by Crippen LogP contribution is 2.27. The van der Waals surface area contributed by atoms with Gasteiger partial charge in [-0.1, -0.05) is 25.1 Å². The van der Waals surface area contributed by atoms with Crippen molar-refractivity contribution in [3.8, 4) is 0 Å². The minimum Gasteiger partial charge on any atom is -0.356 e. The molecular formula is C10H11ClN2. The molecule has 68 valence electrons. The summed E-state index contributed by atoms with van der Waals surface area (Å²) >= 11 is 5.99. The van der Waals surface area contributed by atoms with Gasteiger partial charge in [0.05, 0.1) is 16.4 Å². The molecule has 1 aromatic heterocycles. The molecule has 0 aromatic carbocycles. The molecule has 0 bridgehead atoms. The summed E-state index contributed by atoms with van der Waals surface area (Å²) in [4.78, 5) is 0. The lowest BCUT2D eigenvalue weighted by Gasteiger charge is -2.19. The summed E-state index contributed by atoms with van der Waals surface area (Å²) in [5.41, 5.74) is 2.98. The molecule has 0 saturated heterocycles. The number of allylic oxidation sites excluding steroid dienone is 1. The van der Waals surface area contributed by atoms with Crippen LogP contribution in [0.3, 0.4) is 0 Å². The second-order valence-corrected chi connectivity index (χ2v) is 3.44. The summed E-state index contributed by atoms with van der Waals surface area (Å²) in [5.74, 6) is 0. The molecule has 13 heavy (non-hydrogen) atoms. The first-order valence-corrected chi connectivity index (χ1v) is 4.63. The summed E-state index contributed by atoms with van der Waals surface area (Å²) < 4.78 is 2.00. The van der Waals surface area contributed by atoms with Crippen LogP contribution in [0, 0.1) is 0 Å². The van der Waals surface area contributed by atoms with E-state index in [1.165, 1.54) is 0 Å². The fraction of sp³-hybridized carbons (Fsp3) is 0.200. The van der Waals surface area contributed by atoms with E-state index >= 15 is 0 Å². The average Bonchev–Trinajstić information content (AvgIpc) is 2.48. The number of rotatable bonds is 1. The van der Waals surface area contributed by atoms with Gasteiger partial charge in [0.15, 0.2) is 0 Å². The number of nitrogens with zero attached hydrogens (tertiary/aromatic N) is 1. The third-order valence-electron chi connectivity index (χ3n) is 2.14. The largest absolute Gasteiger partial charge is 0.356 e. The highest BCUT2D eigenvalue weighted by atomic mass is 35.5. The van der Waals surface area contributed by atoms with Gasteiger partial charge in [-0.3, -0.25) is 0 Å². The van der Waals surface area contributed by atoms with Crippen LogP contribution in [0.2, 0.25) is 5.02 Å². The Balaban J connectivity index is 2.54. The highest BCUT2D eigenvalue weighted by molar-refractivity contribution is 6.32. The third-order valence-corrected chi connectivity index (χ3v) is 2.44. The number of hydrogen-bond acceptors (Lipinski definition) is 1. The van der Waals surface area contributed by atoms with Crippen molar-refractivity contribution in [1.82, 2.24) is 9.88 Å². The van der Waals surface area contributed by atoms with E-state index in [9.17, 15) is 0 Å². The van der Waals surface area contributed by atoms with Crippen molar-refractivity contribution >= 4 is 23.5 Å². The van der Waals surface area contributed by atoms with Crippen molar-refractivity contribution in [2.45, 2.75) is 13.3 Å². The van der Waals surface area contributed by atoms with Gasteiger partial charge in [0, 0.05) is 18.1 Å². The molecule has 0 atom stereocenters. The quantitative estimate of drug-likeness (QED) is 0.728. The van der Waals surface area contributed by atoms with Crippen LogP contribution in [0.5, 0.6) is 0 Å². The van der Waals surface area contributed by atoms with E-state index in [0.717, 1.165) is 28.5 Å². The molecule has 1 N–H and O–H groups in total. The van der Waals surface area contributed by atoms with Gasteiger partial charge in [0.2, 0.25) is 0 Å². The Morgan fingerprint density at radius 2 is 2.38 bits per heavy atom. The highest BCUT2D eigenvalue weighted by Gasteiger charge is 2.14. The molecule has 1 aliphatic rings. The molecule has 0 unspecified atom stereocenters. The Morgan fingerprint density at radius 1 is 1.62 bits per heavy atom. The van der Waals surface area contributed by atoms with Crippen LogP contribution in [-0.2, 0) is 0 Å². The van der Waals surface area contributed by atoms with Gasteiger partial charge in [-0.2, -0.15) is 0 Å². The van der Waals surface area contributed by atoms with Crippen molar-refractivity contribution in [1.29, 1.82) is 0 Å². The average molecular weight is 195 g/mol. The maximum absolute atomic E-state index is 5.99. The zero-order chi connectivity index (χ0) is 9.42.